The molecule has 3 aromatic carbocycles. The summed E-state index contributed by atoms with van der Waals surface area (Å²) in [5, 5.41) is 13.9. The molecule has 0 saturated heterocycles. The fourth-order valence-corrected chi connectivity index (χ4v) is 4.50. The summed E-state index contributed by atoms with van der Waals surface area (Å²) < 4.78 is 5.89. The van der Waals surface area contributed by atoms with Crippen molar-refractivity contribution in [2.45, 2.75) is 13.3 Å². The molecule has 0 unspecified atom stereocenters. The van der Waals surface area contributed by atoms with E-state index in [1.54, 1.807) is 24.3 Å². The van der Waals surface area contributed by atoms with Gasteiger partial charge in [0.1, 0.15) is 17.1 Å². The quantitative estimate of drug-likeness (QED) is 0.249. The number of aromatic hydroxyl groups is 1. The van der Waals surface area contributed by atoms with Crippen molar-refractivity contribution in [3.63, 3.8) is 0 Å². The van der Waals surface area contributed by atoms with Gasteiger partial charge in [-0.3, -0.25) is 9.59 Å². The van der Waals surface area contributed by atoms with Gasteiger partial charge in [0.2, 0.25) is 5.43 Å². The summed E-state index contributed by atoms with van der Waals surface area (Å²) in [4.78, 5) is 24.8. The highest BCUT2D eigenvalue weighted by atomic mass is 35.5. The fraction of sp³-hybridized carbons (Fsp3) is 0.103. The summed E-state index contributed by atoms with van der Waals surface area (Å²) >= 11 is 12.4. The zero-order chi connectivity index (χ0) is 25.4. The van der Waals surface area contributed by atoms with Gasteiger partial charge < -0.3 is 14.8 Å². The van der Waals surface area contributed by atoms with Crippen molar-refractivity contribution < 1.29 is 14.3 Å². The first-order valence-electron chi connectivity index (χ1n) is 11.3. The Hall–Kier alpha value is -3.80. The number of carbonyl (C=O) groups is 1. The molecule has 36 heavy (non-hydrogen) atoms. The summed E-state index contributed by atoms with van der Waals surface area (Å²) in [5.74, 6) is 0.0252. The van der Waals surface area contributed by atoms with Gasteiger partial charge >= 0.3 is 0 Å². The van der Waals surface area contributed by atoms with Gasteiger partial charge in [-0.15, -0.1) is 0 Å². The summed E-state index contributed by atoms with van der Waals surface area (Å²) in [5.41, 5.74) is 4.99. The van der Waals surface area contributed by atoms with E-state index >= 15 is 0 Å². The molecule has 3 aromatic rings. The molecule has 180 valence electrons. The van der Waals surface area contributed by atoms with Crippen LogP contribution in [0.5, 0.6) is 5.75 Å². The minimum Gasteiger partial charge on any atom is -0.506 e. The van der Waals surface area contributed by atoms with Crippen LogP contribution in [0.15, 0.2) is 82.0 Å². The van der Waals surface area contributed by atoms with Crippen LogP contribution < -0.4 is 10.7 Å². The lowest BCUT2D eigenvalue weighted by Gasteiger charge is -2.16. The first kappa shape index (κ1) is 23.9. The topological polar surface area (TPSA) is 79.5 Å². The molecule has 0 aromatic heterocycles. The average Bonchev–Trinajstić information content (AvgIpc) is 2.86. The van der Waals surface area contributed by atoms with E-state index in [0.29, 0.717) is 34.4 Å². The Morgan fingerprint density at radius 3 is 2.39 bits per heavy atom. The second-order valence-electron chi connectivity index (χ2n) is 8.62. The number of aryl methyl sites for hydroxylation is 1. The van der Waals surface area contributed by atoms with Crippen molar-refractivity contribution in [1.82, 2.24) is 5.32 Å². The van der Waals surface area contributed by atoms with E-state index in [0.717, 1.165) is 23.1 Å². The number of nitrogens with one attached hydrogen (secondary N) is 1. The summed E-state index contributed by atoms with van der Waals surface area (Å²) in [7, 11) is 0. The van der Waals surface area contributed by atoms with Crippen molar-refractivity contribution in [3.05, 3.63) is 110 Å². The normalized spacial score (nSPS) is 11.2. The molecule has 2 N–H and O–H groups in total. The summed E-state index contributed by atoms with van der Waals surface area (Å²) in [6.45, 7) is 2.57. The van der Waals surface area contributed by atoms with E-state index in [1.807, 2.05) is 19.1 Å². The molecule has 0 radical (unpaired) electrons. The maximum atomic E-state index is 12.7. The van der Waals surface area contributed by atoms with Crippen molar-refractivity contribution >= 4 is 40.1 Å². The number of fused-ring (bicyclic) bond motifs is 2. The minimum absolute atomic E-state index is 0.0627. The second kappa shape index (κ2) is 9.69. The molecule has 1 heterocycles. The predicted molar refractivity (Wildman–Crippen MR) is 143 cm³/mol. The molecule has 0 saturated carbocycles. The van der Waals surface area contributed by atoms with E-state index in [1.165, 1.54) is 17.7 Å². The van der Waals surface area contributed by atoms with Crippen molar-refractivity contribution in [2.75, 3.05) is 6.54 Å². The molecular formula is C29H21Cl2NO4. The van der Waals surface area contributed by atoms with E-state index in [2.05, 4.69) is 29.6 Å². The number of amides is 1. The third kappa shape index (κ3) is 4.68. The van der Waals surface area contributed by atoms with Crippen LogP contribution in [0.1, 0.15) is 21.5 Å². The van der Waals surface area contributed by atoms with Crippen LogP contribution in [0.4, 0.5) is 0 Å². The molecular weight excluding hydrogens is 497 g/mol. The number of hydrogen-bond donors (Lipinski definition) is 2. The molecule has 0 fully saturated rings. The Labute approximate surface area is 217 Å². The van der Waals surface area contributed by atoms with Gasteiger partial charge in [-0.1, -0.05) is 65.2 Å². The Kier molecular flexibility index (Phi) is 6.44. The molecule has 1 aliphatic heterocycles. The minimum atomic E-state index is -0.367. The van der Waals surface area contributed by atoms with Crippen LogP contribution in [0, 0.1) is 6.92 Å². The van der Waals surface area contributed by atoms with Crippen molar-refractivity contribution in [1.29, 1.82) is 0 Å². The number of carbonyl (C=O) groups excluding carboxylic acids is 1. The van der Waals surface area contributed by atoms with Crippen LogP contribution in [0.25, 0.3) is 33.4 Å². The third-order valence-corrected chi connectivity index (χ3v) is 6.70. The molecule has 5 nitrogen and oxygen atoms in total. The van der Waals surface area contributed by atoms with Crippen LogP contribution in [-0.4, -0.2) is 17.6 Å². The van der Waals surface area contributed by atoms with E-state index in [9.17, 15) is 14.7 Å². The molecule has 0 spiro atoms. The van der Waals surface area contributed by atoms with Gasteiger partial charge in [0.25, 0.3) is 5.91 Å². The Morgan fingerprint density at radius 1 is 0.944 bits per heavy atom. The van der Waals surface area contributed by atoms with Gasteiger partial charge in [-0.25, -0.2) is 0 Å². The number of halogens is 2. The summed E-state index contributed by atoms with van der Waals surface area (Å²) in [6, 6.07) is 21.3. The molecule has 1 aliphatic carbocycles. The highest BCUT2D eigenvalue weighted by Crippen LogP contribution is 2.43. The third-order valence-electron chi connectivity index (χ3n) is 6.10. The number of benzene rings is 4. The SMILES string of the molecule is Cc1ccc(CCNC(=O)c2ccc(-c3c4cc(Cl)c(=O)cc-4oc4cc(O)c(Cl)cc34)cc2)cc1. The Balaban J connectivity index is 1.47. The smallest absolute Gasteiger partial charge is 0.251 e. The molecule has 7 heteroatoms. The number of phenols is 1. The lowest BCUT2D eigenvalue weighted by Crippen LogP contribution is -2.25. The van der Waals surface area contributed by atoms with Gasteiger partial charge in [0.15, 0.2) is 0 Å². The van der Waals surface area contributed by atoms with E-state index < -0.39 is 0 Å². The van der Waals surface area contributed by atoms with E-state index in [4.69, 9.17) is 27.6 Å². The van der Waals surface area contributed by atoms with E-state index in [-0.39, 0.29) is 27.1 Å². The van der Waals surface area contributed by atoms with Crippen LogP contribution >= 0.6 is 23.2 Å². The summed E-state index contributed by atoms with van der Waals surface area (Å²) in [6.07, 6.45) is 0.742. The highest BCUT2D eigenvalue weighted by Gasteiger charge is 2.20. The van der Waals surface area contributed by atoms with Gasteiger partial charge in [0.05, 0.1) is 10.0 Å². The maximum absolute atomic E-state index is 12.7. The maximum Gasteiger partial charge on any atom is 0.251 e. The number of phenolic OH excluding ortho intramolecular Hbond substituents is 1. The van der Waals surface area contributed by atoms with Crippen molar-refractivity contribution in [3.8, 4) is 28.2 Å². The van der Waals surface area contributed by atoms with Gasteiger partial charge in [0, 0.05) is 40.8 Å². The zero-order valence-corrected chi connectivity index (χ0v) is 20.8. The molecule has 0 atom stereocenters. The molecule has 1 amide bonds. The second-order valence-corrected chi connectivity index (χ2v) is 9.44. The first-order valence-corrected chi connectivity index (χ1v) is 12.1. The highest BCUT2D eigenvalue weighted by molar-refractivity contribution is 6.33. The largest absolute Gasteiger partial charge is 0.506 e. The van der Waals surface area contributed by atoms with Crippen LogP contribution in [0.3, 0.4) is 0 Å². The molecule has 5 rings (SSSR count). The lowest BCUT2D eigenvalue weighted by atomic mass is 9.93. The average molecular weight is 518 g/mol. The van der Waals surface area contributed by atoms with Crippen molar-refractivity contribution in [2.24, 2.45) is 0 Å². The Morgan fingerprint density at radius 2 is 1.67 bits per heavy atom. The predicted octanol–water partition coefficient (Wildman–Crippen LogP) is 6.86. The standard InChI is InChI=1S/C29H21Cl2NO4/c1-16-2-4-17(5-3-16)10-11-32-29(35)19-8-6-18(7-9-19)28-20-12-22(30)24(33)14-26(20)36-27-15-25(34)23(31)13-21(27)28/h2-9,12-15,33H,10-11H2,1H3,(H,32,35). The first-order chi connectivity index (χ1) is 17.3. The van der Waals surface area contributed by atoms with Gasteiger partial charge in [-0.2, -0.15) is 0 Å². The fourth-order valence-electron chi connectivity index (χ4n) is 4.18. The lowest BCUT2D eigenvalue weighted by molar-refractivity contribution is 0.0954. The molecule has 2 aliphatic rings. The monoisotopic (exact) mass is 517 g/mol. The zero-order valence-electron chi connectivity index (χ0n) is 19.3. The van der Waals surface area contributed by atoms with Gasteiger partial charge in [-0.05, 0) is 48.7 Å². The van der Waals surface area contributed by atoms with Crippen LogP contribution in [-0.2, 0) is 6.42 Å². The number of rotatable bonds is 5. The number of hydrogen-bond acceptors (Lipinski definition) is 4. The molecule has 0 bridgehead atoms. The Bertz CT molecular complexity index is 1620. The van der Waals surface area contributed by atoms with Crippen LogP contribution in [0.2, 0.25) is 10.0 Å².